The van der Waals surface area contributed by atoms with Crippen LogP contribution in [0.25, 0.3) is 0 Å². The number of likely N-dealkylation sites (tertiary alicyclic amines) is 1. The van der Waals surface area contributed by atoms with Crippen LogP contribution < -0.4 is 17.0 Å². The lowest BCUT2D eigenvalue weighted by Crippen LogP contribution is -2.34. The largest absolute Gasteiger partial charge is 0.370 e. The molecule has 5 N–H and O–H groups in total. The van der Waals surface area contributed by atoms with Crippen LogP contribution in [0, 0.1) is 5.92 Å². The fourth-order valence-electron chi connectivity index (χ4n) is 2.41. The quantitative estimate of drug-likeness (QED) is 0.397. The first-order chi connectivity index (χ1) is 9.58. The molecule has 1 aliphatic rings. The summed E-state index contributed by atoms with van der Waals surface area (Å²) in [4.78, 5) is 28.7. The molecule has 2 rings (SSSR count). The Morgan fingerprint density at radius 3 is 2.75 bits per heavy atom. The average molecular weight is 297 g/mol. The first kappa shape index (κ1) is 14.9. The van der Waals surface area contributed by atoms with E-state index in [0.717, 1.165) is 38.2 Å². The third-order valence-corrected chi connectivity index (χ3v) is 4.35. The highest BCUT2D eigenvalue weighted by atomic mass is 32.1. The molecule has 0 spiro atoms. The number of piperidine rings is 1. The standard InChI is InChI=1S/C12H19N5O2S/c13-10(18)5-8-1-3-17(4-2-8)6-9-7-20-12(15-9)11(19)16-14/h7-8H,1-6,14H2,(H2,13,18)(H,16,19). The lowest BCUT2D eigenvalue weighted by atomic mass is 9.93. The zero-order valence-electron chi connectivity index (χ0n) is 11.2. The molecule has 0 aromatic carbocycles. The van der Waals surface area contributed by atoms with E-state index in [1.54, 1.807) is 0 Å². The summed E-state index contributed by atoms with van der Waals surface area (Å²) in [6.07, 6.45) is 2.43. The number of hydrogen-bond donors (Lipinski definition) is 3. The number of carbonyl (C=O) groups is 2. The molecule has 2 amide bonds. The molecule has 20 heavy (non-hydrogen) atoms. The summed E-state index contributed by atoms with van der Waals surface area (Å²) < 4.78 is 0. The van der Waals surface area contributed by atoms with E-state index in [1.165, 1.54) is 11.3 Å². The molecule has 0 bridgehead atoms. The molecule has 7 nitrogen and oxygen atoms in total. The number of nitrogens with zero attached hydrogens (tertiary/aromatic N) is 2. The van der Waals surface area contributed by atoms with Gasteiger partial charge in [-0.15, -0.1) is 11.3 Å². The molecule has 110 valence electrons. The Morgan fingerprint density at radius 2 is 2.15 bits per heavy atom. The van der Waals surface area contributed by atoms with Gasteiger partial charge in [0.25, 0.3) is 5.91 Å². The van der Waals surface area contributed by atoms with Crippen LogP contribution in [0.4, 0.5) is 0 Å². The van der Waals surface area contributed by atoms with E-state index in [2.05, 4.69) is 15.3 Å². The van der Waals surface area contributed by atoms with Crippen molar-refractivity contribution in [1.29, 1.82) is 0 Å². The number of nitrogens with two attached hydrogens (primary N) is 2. The minimum absolute atomic E-state index is 0.222. The molecule has 1 aromatic rings. The predicted molar refractivity (Wildman–Crippen MR) is 75.6 cm³/mol. The molecule has 1 fully saturated rings. The highest BCUT2D eigenvalue weighted by molar-refractivity contribution is 7.11. The van der Waals surface area contributed by atoms with Gasteiger partial charge >= 0.3 is 0 Å². The molecule has 0 unspecified atom stereocenters. The van der Waals surface area contributed by atoms with E-state index >= 15 is 0 Å². The van der Waals surface area contributed by atoms with Gasteiger partial charge in [-0.05, 0) is 31.8 Å². The van der Waals surface area contributed by atoms with Gasteiger partial charge < -0.3 is 5.73 Å². The van der Waals surface area contributed by atoms with Crippen LogP contribution in [0.2, 0.25) is 0 Å². The topological polar surface area (TPSA) is 114 Å². The van der Waals surface area contributed by atoms with Crippen molar-refractivity contribution in [2.45, 2.75) is 25.8 Å². The number of hydrogen-bond acceptors (Lipinski definition) is 6. The number of nitrogens with one attached hydrogen (secondary N) is 1. The first-order valence-corrected chi connectivity index (χ1v) is 7.42. The molecular formula is C12H19N5O2S. The van der Waals surface area contributed by atoms with E-state index in [0.29, 0.717) is 17.3 Å². The Morgan fingerprint density at radius 1 is 1.45 bits per heavy atom. The van der Waals surface area contributed by atoms with Crippen LogP contribution in [-0.4, -0.2) is 34.8 Å². The summed E-state index contributed by atoms with van der Waals surface area (Å²) in [5, 5.41) is 2.26. The summed E-state index contributed by atoms with van der Waals surface area (Å²) >= 11 is 1.29. The Hall–Kier alpha value is -1.51. The third kappa shape index (κ3) is 3.99. The average Bonchev–Trinajstić information content (AvgIpc) is 2.88. The van der Waals surface area contributed by atoms with Crippen molar-refractivity contribution in [3.8, 4) is 0 Å². The van der Waals surface area contributed by atoms with Crippen LogP contribution in [0.3, 0.4) is 0 Å². The number of thiazole rings is 1. The van der Waals surface area contributed by atoms with Gasteiger partial charge in [0.15, 0.2) is 5.01 Å². The van der Waals surface area contributed by atoms with Crippen molar-refractivity contribution in [3.05, 3.63) is 16.1 Å². The van der Waals surface area contributed by atoms with Crippen molar-refractivity contribution < 1.29 is 9.59 Å². The van der Waals surface area contributed by atoms with Crippen LogP contribution in [0.5, 0.6) is 0 Å². The third-order valence-electron chi connectivity index (χ3n) is 3.46. The van der Waals surface area contributed by atoms with Gasteiger partial charge in [0.2, 0.25) is 5.91 Å². The second-order valence-corrected chi connectivity index (χ2v) is 5.87. The Balaban J connectivity index is 1.82. The van der Waals surface area contributed by atoms with Gasteiger partial charge in [0, 0.05) is 18.3 Å². The number of primary amides is 1. The highest BCUT2D eigenvalue weighted by Gasteiger charge is 2.21. The first-order valence-electron chi connectivity index (χ1n) is 6.54. The monoisotopic (exact) mass is 297 g/mol. The molecule has 0 radical (unpaired) electrons. The van der Waals surface area contributed by atoms with E-state index < -0.39 is 0 Å². The van der Waals surface area contributed by atoms with Gasteiger partial charge in [-0.3, -0.25) is 19.9 Å². The van der Waals surface area contributed by atoms with Gasteiger partial charge in [-0.25, -0.2) is 10.8 Å². The fourth-order valence-corrected chi connectivity index (χ4v) is 3.12. The van der Waals surface area contributed by atoms with Crippen molar-refractivity contribution in [2.24, 2.45) is 17.5 Å². The fraction of sp³-hybridized carbons (Fsp3) is 0.583. The lowest BCUT2D eigenvalue weighted by molar-refractivity contribution is -0.119. The van der Waals surface area contributed by atoms with Crippen LogP contribution in [0.15, 0.2) is 5.38 Å². The van der Waals surface area contributed by atoms with E-state index in [9.17, 15) is 9.59 Å². The molecule has 1 aliphatic heterocycles. The van der Waals surface area contributed by atoms with Gasteiger partial charge in [-0.2, -0.15) is 0 Å². The minimum atomic E-state index is -0.360. The SMILES string of the molecule is NNC(=O)c1nc(CN2CCC(CC(N)=O)CC2)cs1. The van der Waals surface area contributed by atoms with E-state index in [1.807, 2.05) is 5.38 Å². The summed E-state index contributed by atoms with van der Waals surface area (Å²) in [5.41, 5.74) is 8.17. The normalized spacial score (nSPS) is 17.1. The number of nitrogen functional groups attached to an aromatic ring is 1. The summed E-state index contributed by atoms with van der Waals surface area (Å²) in [6.45, 7) is 2.57. The van der Waals surface area contributed by atoms with Crippen LogP contribution >= 0.6 is 11.3 Å². The van der Waals surface area contributed by atoms with Gasteiger partial charge in [0.05, 0.1) is 5.69 Å². The molecule has 1 saturated heterocycles. The van der Waals surface area contributed by atoms with Gasteiger partial charge in [0.1, 0.15) is 0 Å². The van der Waals surface area contributed by atoms with E-state index in [-0.39, 0.29) is 11.8 Å². The van der Waals surface area contributed by atoms with Crippen LogP contribution in [-0.2, 0) is 11.3 Å². The maximum Gasteiger partial charge on any atom is 0.294 e. The lowest BCUT2D eigenvalue weighted by Gasteiger charge is -2.30. The molecule has 8 heteroatoms. The molecule has 0 atom stereocenters. The molecular weight excluding hydrogens is 278 g/mol. The van der Waals surface area contributed by atoms with Crippen molar-refractivity contribution in [1.82, 2.24) is 15.3 Å². The van der Waals surface area contributed by atoms with Crippen molar-refractivity contribution in [3.63, 3.8) is 0 Å². The van der Waals surface area contributed by atoms with Crippen LogP contribution in [0.1, 0.15) is 34.8 Å². The predicted octanol–water partition coefficient (Wildman–Crippen LogP) is -0.166. The number of hydrazine groups is 1. The number of rotatable bonds is 5. The van der Waals surface area contributed by atoms with Crippen molar-refractivity contribution in [2.75, 3.05) is 13.1 Å². The zero-order valence-corrected chi connectivity index (χ0v) is 12.0. The zero-order chi connectivity index (χ0) is 14.5. The summed E-state index contributed by atoms with van der Waals surface area (Å²) in [7, 11) is 0. The molecule has 0 saturated carbocycles. The molecule has 0 aliphatic carbocycles. The van der Waals surface area contributed by atoms with E-state index in [4.69, 9.17) is 11.6 Å². The van der Waals surface area contributed by atoms with Crippen molar-refractivity contribution >= 4 is 23.2 Å². The Labute approximate surface area is 121 Å². The second kappa shape index (κ2) is 6.78. The maximum absolute atomic E-state index is 11.3. The number of carbonyl (C=O) groups excluding carboxylic acids is 2. The second-order valence-electron chi connectivity index (χ2n) is 5.01. The minimum Gasteiger partial charge on any atom is -0.370 e. The Bertz CT molecular complexity index is 482. The smallest absolute Gasteiger partial charge is 0.294 e. The summed E-state index contributed by atoms with van der Waals surface area (Å²) in [6, 6.07) is 0. The summed E-state index contributed by atoms with van der Waals surface area (Å²) in [5.74, 6) is 4.89. The number of amides is 2. The highest BCUT2D eigenvalue weighted by Crippen LogP contribution is 2.22. The van der Waals surface area contributed by atoms with Gasteiger partial charge in [-0.1, -0.05) is 0 Å². The Kier molecular flexibility index (Phi) is 5.05. The molecule has 1 aromatic heterocycles. The number of aromatic nitrogens is 1. The molecule has 2 heterocycles. The maximum atomic E-state index is 11.3.